The van der Waals surface area contributed by atoms with E-state index < -0.39 is 0 Å². The van der Waals surface area contributed by atoms with Gasteiger partial charge in [-0.05, 0) is 42.8 Å². The largest absolute Gasteiger partial charge is 0.314 e. The number of rotatable bonds is 7. The number of pyridine rings is 1. The molecule has 0 bridgehead atoms. The number of halogens is 1. The monoisotopic (exact) mass is 449 g/mol. The smallest absolute Gasteiger partial charge is 0.250 e. The van der Waals surface area contributed by atoms with Gasteiger partial charge in [-0.1, -0.05) is 53.7 Å². The van der Waals surface area contributed by atoms with Gasteiger partial charge in [-0.2, -0.15) is 5.10 Å². The first kappa shape index (κ1) is 21.1. The van der Waals surface area contributed by atoms with Crippen molar-refractivity contribution in [2.75, 3.05) is 5.75 Å². The van der Waals surface area contributed by atoms with Crippen LogP contribution in [0.5, 0.6) is 0 Å². The Bertz CT molecular complexity index is 1240. The van der Waals surface area contributed by atoms with Crippen LogP contribution in [-0.4, -0.2) is 31.9 Å². The SMILES string of the molecule is C/C(=N\NC(=O)CSc1nc2ccccc2n1Cc1ccccc1Cl)c1ccncc1. The van der Waals surface area contributed by atoms with Crippen molar-refractivity contribution in [1.82, 2.24) is 20.0 Å². The topological polar surface area (TPSA) is 72.2 Å². The zero-order valence-corrected chi connectivity index (χ0v) is 18.4. The Balaban J connectivity index is 1.49. The van der Waals surface area contributed by atoms with Gasteiger partial charge in [-0.15, -0.1) is 0 Å². The fourth-order valence-electron chi connectivity index (χ4n) is 3.08. The van der Waals surface area contributed by atoms with Crippen molar-refractivity contribution >= 4 is 46.0 Å². The average molecular weight is 450 g/mol. The Morgan fingerprint density at radius 1 is 1.10 bits per heavy atom. The van der Waals surface area contributed by atoms with Gasteiger partial charge in [0, 0.05) is 23.0 Å². The van der Waals surface area contributed by atoms with Crippen LogP contribution in [0, 0.1) is 0 Å². The van der Waals surface area contributed by atoms with Crippen molar-refractivity contribution in [1.29, 1.82) is 0 Å². The third-order valence-electron chi connectivity index (χ3n) is 4.68. The highest BCUT2D eigenvalue weighted by Crippen LogP contribution is 2.27. The van der Waals surface area contributed by atoms with Crippen LogP contribution < -0.4 is 5.43 Å². The molecule has 31 heavy (non-hydrogen) atoms. The van der Waals surface area contributed by atoms with E-state index in [1.807, 2.05) is 67.6 Å². The molecular weight excluding hydrogens is 430 g/mol. The molecule has 2 aromatic carbocycles. The standard InChI is InChI=1S/C23H20ClN5OS/c1-16(17-10-12-25-13-11-17)27-28-22(30)15-31-23-26-20-8-4-5-9-21(20)29(23)14-18-6-2-3-7-19(18)24/h2-13H,14-15H2,1H3,(H,28,30)/b27-16+. The molecule has 0 saturated heterocycles. The zero-order valence-electron chi connectivity index (χ0n) is 16.8. The van der Waals surface area contributed by atoms with Gasteiger partial charge in [0.05, 0.1) is 29.0 Å². The summed E-state index contributed by atoms with van der Waals surface area (Å²) in [5.41, 5.74) is 7.11. The highest BCUT2D eigenvalue weighted by atomic mass is 35.5. The third kappa shape index (κ3) is 5.13. The summed E-state index contributed by atoms with van der Waals surface area (Å²) in [5.74, 6) is -0.00588. The Hall–Kier alpha value is -3.16. The van der Waals surface area contributed by atoms with E-state index in [-0.39, 0.29) is 11.7 Å². The summed E-state index contributed by atoms with van der Waals surface area (Å²) in [7, 11) is 0. The first-order chi connectivity index (χ1) is 15.1. The molecule has 1 N–H and O–H groups in total. The van der Waals surface area contributed by atoms with Gasteiger partial charge >= 0.3 is 0 Å². The van der Waals surface area contributed by atoms with Crippen LogP contribution >= 0.6 is 23.4 Å². The van der Waals surface area contributed by atoms with E-state index in [2.05, 4.69) is 20.1 Å². The number of amides is 1. The van der Waals surface area contributed by atoms with Crippen molar-refractivity contribution in [3.8, 4) is 0 Å². The van der Waals surface area contributed by atoms with Crippen LogP contribution in [0.2, 0.25) is 5.02 Å². The summed E-state index contributed by atoms with van der Waals surface area (Å²) in [6.07, 6.45) is 3.38. The Labute approximate surface area is 189 Å². The number of hydrazone groups is 1. The molecule has 1 amide bonds. The third-order valence-corrected chi connectivity index (χ3v) is 6.03. The molecule has 156 valence electrons. The number of nitrogens with zero attached hydrogens (tertiary/aromatic N) is 4. The van der Waals surface area contributed by atoms with Gasteiger partial charge in [-0.25, -0.2) is 10.4 Å². The van der Waals surface area contributed by atoms with Crippen LogP contribution in [0.3, 0.4) is 0 Å². The number of carbonyl (C=O) groups is 1. The van der Waals surface area contributed by atoms with Crippen LogP contribution in [0.4, 0.5) is 0 Å². The number of para-hydroxylation sites is 2. The molecule has 8 heteroatoms. The number of hydrogen-bond acceptors (Lipinski definition) is 5. The molecule has 4 rings (SSSR count). The van der Waals surface area contributed by atoms with Gasteiger partial charge in [0.1, 0.15) is 0 Å². The quantitative estimate of drug-likeness (QED) is 0.251. The van der Waals surface area contributed by atoms with E-state index in [4.69, 9.17) is 16.6 Å². The normalized spacial score (nSPS) is 11.6. The second kappa shape index (κ2) is 9.76. The lowest BCUT2D eigenvalue weighted by Gasteiger charge is -2.10. The minimum atomic E-state index is -0.199. The first-order valence-electron chi connectivity index (χ1n) is 9.67. The number of fused-ring (bicyclic) bond motifs is 1. The molecule has 2 heterocycles. The van der Waals surface area contributed by atoms with Crippen LogP contribution in [0.15, 0.2) is 83.3 Å². The second-order valence-electron chi connectivity index (χ2n) is 6.82. The van der Waals surface area contributed by atoms with Crippen LogP contribution in [0.1, 0.15) is 18.1 Å². The molecule has 0 fully saturated rings. The van der Waals surface area contributed by atoms with Gasteiger partial charge in [0.15, 0.2) is 5.16 Å². The fourth-order valence-corrected chi connectivity index (χ4v) is 4.08. The maximum Gasteiger partial charge on any atom is 0.250 e. The lowest BCUT2D eigenvalue weighted by atomic mass is 10.2. The molecule has 4 aromatic rings. The lowest BCUT2D eigenvalue weighted by Crippen LogP contribution is -2.21. The number of imidazole rings is 1. The van der Waals surface area contributed by atoms with Gasteiger partial charge in [-0.3, -0.25) is 9.78 Å². The highest BCUT2D eigenvalue weighted by molar-refractivity contribution is 7.99. The summed E-state index contributed by atoms with van der Waals surface area (Å²) in [4.78, 5) is 21.1. The van der Waals surface area contributed by atoms with E-state index in [0.717, 1.165) is 27.3 Å². The predicted molar refractivity (Wildman–Crippen MR) is 126 cm³/mol. The second-order valence-corrected chi connectivity index (χ2v) is 8.17. The van der Waals surface area contributed by atoms with Crippen LogP contribution in [-0.2, 0) is 11.3 Å². The molecule has 0 aliphatic rings. The molecule has 0 saturated carbocycles. The summed E-state index contributed by atoms with van der Waals surface area (Å²) in [6, 6.07) is 19.3. The maximum atomic E-state index is 12.4. The van der Waals surface area contributed by atoms with Crippen molar-refractivity contribution in [2.24, 2.45) is 5.10 Å². The number of nitrogens with one attached hydrogen (secondary N) is 1. The van der Waals surface area contributed by atoms with Gasteiger partial charge < -0.3 is 4.57 Å². The minimum absolute atomic E-state index is 0.193. The van der Waals surface area contributed by atoms with E-state index in [1.165, 1.54) is 11.8 Å². The average Bonchev–Trinajstić information content (AvgIpc) is 3.15. The Kier molecular flexibility index (Phi) is 6.64. The number of benzene rings is 2. The van der Waals surface area contributed by atoms with Gasteiger partial charge in [0.25, 0.3) is 5.91 Å². The fraction of sp³-hybridized carbons (Fsp3) is 0.130. The molecule has 0 radical (unpaired) electrons. The summed E-state index contributed by atoms with van der Waals surface area (Å²) in [6.45, 7) is 2.41. The number of carbonyl (C=O) groups excluding carboxylic acids is 1. The molecule has 0 aliphatic carbocycles. The van der Waals surface area contributed by atoms with E-state index >= 15 is 0 Å². The molecular formula is C23H20ClN5OS. The van der Waals surface area contributed by atoms with E-state index in [9.17, 15) is 4.79 Å². The molecule has 0 atom stereocenters. The lowest BCUT2D eigenvalue weighted by molar-refractivity contribution is -0.118. The molecule has 2 aromatic heterocycles. The summed E-state index contributed by atoms with van der Waals surface area (Å²) >= 11 is 7.74. The maximum absolute atomic E-state index is 12.4. The summed E-state index contributed by atoms with van der Waals surface area (Å²) in [5, 5.41) is 5.64. The minimum Gasteiger partial charge on any atom is -0.314 e. The van der Waals surface area contributed by atoms with Crippen molar-refractivity contribution in [3.63, 3.8) is 0 Å². The predicted octanol–water partition coefficient (Wildman–Crippen LogP) is 4.77. The van der Waals surface area contributed by atoms with Crippen LogP contribution in [0.25, 0.3) is 11.0 Å². The first-order valence-corrected chi connectivity index (χ1v) is 11.0. The summed E-state index contributed by atoms with van der Waals surface area (Å²) < 4.78 is 2.08. The molecule has 6 nitrogen and oxygen atoms in total. The van der Waals surface area contributed by atoms with Crippen molar-refractivity contribution in [2.45, 2.75) is 18.6 Å². The van der Waals surface area contributed by atoms with Gasteiger partial charge in [0.2, 0.25) is 0 Å². The molecule has 0 unspecified atom stereocenters. The van der Waals surface area contributed by atoms with Crippen molar-refractivity contribution < 1.29 is 4.79 Å². The molecule has 0 aliphatic heterocycles. The van der Waals surface area contributed by atoms with Crippen molar-refractivity contribution in [3.05, 3.63) is 89.2 Å². The number of hydrogen-bond donors (Lipinski definition) is 1. The highest BCUT2D eigenvalue weighted by Gasteiger charge is 2.14. The number of thioether (sulfide) groups is 1. The number of aromatic nitrogens is 3. The molecule has 0 spiro atoms. The van der Waals surface area contributed by atoms with E-state index in [1.54, 1.807) is 12.4 Å². The Morgan fingerprint density at radius 2 is 1.84 bits per heavy atom. The zero-order chi connectivity index (χ0) is 21.6. The van der Waals surface area contributed by atoms with E-state index in [0.29, 0.717) is 17.3 Å². The Morgan fingerprint density at radius 3 is 2.65 bits per heavy atom.